The van der Waals surface area contributed by atoms with Gasteiger partial charge in [-0.05, 0) is 44.0 Å². The zero-order chi connectivity index (χ0) is 16.2. The summed E-state index contributed by atoms with van der Waals surface area (Å²) in [5.41, 5.74) is 3.00. The number of fused-ring (bicyclic) bond motifs is 1. The molecule has 1 heterocycles. The van der Waals surface area contributed by atoms with Crippen molar-refractivity contribution >= 4 is 5.69 Å². The van der Waals surface area contributed by atoms with E-state index in [-0.39, 0.29) is 18.0 Å². The summed E-state index contributed by atoms with van der Waals surface area (Å²) in [7, 11) is 0. The molecule has 2 aromatic rings. The topological polar surface area (TPSA) is 33.3 Å². The number of halogens is 1. The average molecular weight is 314 g/mol. The Morgan fingerprint density at radius 1 is 1.30 bits per heavy atom. The van der Waals surface area contributed by atoms with Crippen molar-refractivity contribution in [1.82, 2.24) is 5.32 Å². The molecule has 0 radical (unpaired) electrons. The standard InChI is InChI=1S/C19H23FN2O/c1-13(21-12-16-5-3-4-6-17(16)20)9-15-7-8-19-18(10-15)22-11-14(2)23-19/h3-8,10,13-14,21-22H,9,11-12H2,1-2H3. The van der Waals surface area contributed by atoms with Crippen LogP contribution in [0.15, 0.2) is 42.5 Å². The van der Waals surface area contributed by atoms with Crippen LogP contribution < -0.4 is 15.4 Å². The minimum atomic E-state index is -0.156. The van der Waals surface area contributed by atoms with Crippen LogP contribution in [0.1, 0.15) is 25.0 Å². The first-order valence-electron chi connectivity index (χ1n) is 8.12. The Balaban J connectivity index is 1.58. The molecule has 1 aliphatic heterocycles. The fourth-order valence-corrected chi connectivity index (χ4v) is 2.81. The van der Waals surface area contributed by atoms with Crippen molar-refractivity contribution in [2.24, 2.45) is 0 Å². The van der Waals surface area contributed by atoms with Crippen molar-refractivity contribution < 1.29 is 9.13 Å². The molecule has 0 saturated carbocycles. The van der Waals surface area contributed by atoms with E-state index in [9.17, 15) is 4.39 Å². The van der Waals surface area contributed by atoms with Crippen molar-refractivity contribution in [2.75, 3.05) is 11.9 Å². The van der Waals surface area contributed by atoms with Crippen LogP contribution in [0.3, 0.4) is 0 Å². The molecule has 0 aromatic heterocycles. The van der Waals surface area contributed by atoms with E-state index in [4.69, 9.17) is 4.74 Å². The number of hydrogen-bond acceptors (Lipinski definition) is 3. The maximum atomic E-state index is 13.6. The Morgan fingerprint density at radius 2 is 2.13 bits per heavy atom. The Kier molecular flexibility index (Phi) is 4.82. The second-order valence-corrected chi connectivity index (χ2v) is 6.22. The summed E-state index contributed by atoms with van der Waals surface area (Å²) in [6.07, 6.45) is 1.09. The van der Waals surface area contributed by atoms with Crippen molar-refractivity contribution in [3.8, 4) is 5.75 Å². The van der Waals surface area contributed by atoms with Crippen LogP contribution in [-0.4, -0.2) is 18.7 Å². The number of anilines is 1. The van der Waals surface area contributed by atoms with Gasteiger partial charge in [-0.3, -0.25) is 0 Å². The number of rotatable bonds is 5. The smallest absolute Gasteiger partial charge is 0.142 e. The van der Waals surface area contributed by atoms with Crippen LogP contribution in [0, 0.1) is 5.82 Å². The van der Waals surface area contributed by atoms with Crippen molar-refractivity contribution in [3.63, 3.8) is 0 Å². The lowest BCUT2D eigenvalue weighted by molar-refractivity contribution is 0.226. The molecule has 1 aliphatic rings. The predicted molar refractivity (Wildman–Crippen MR) is 91.4 cm³/mol. The third kappa shape index (κ3) is 4.02. The lowest BCUT2D eigenvalue weighted by Gasteiger charge is -2.25. The summed E-state index contributed by atoms with van der Waals surface area (Å²) in [5.74, 6) is 0.760. The molecule has 2 aromatic carbocycles. The molecular weight excluding hydrogens is 291 g/mol. The van der Waals surface area contributed by atoms with Gasteiger partial charge in [-0.25, -0.2) is 4.39 Å². The molecule has 0 aliphatic carbocycles. The highest BCUT2D eigenvalue weighted by Crippen LogP contribution is 2.30. The van der Waals surface area contributed by atoms with E-state index < -0.39 is 0 Å². The first kappa shape index (κ1) is 15.8. The van der Waals surface area contributed by atoms with Gasteiger partial charge in [-0.15, -0.1) is 0 Å². The summed E-state index contributed by atoms with van der Waals surface area (Å²) in [6, 6.07) is 13.4. The lowest BCUT2D eigenvalue weighted by atomic mass is 10.0. The SMILES string of the molecule is CC(Cc1ccc2c(c1)NCC(C)O2)NCc1ccccc1F. The largest absolute Gasteiger partial charge is 0.487 e. The van der Waals surface area contributed by atoms with Gasteiger partial charge in [-0.1, -0.05) is 24.3 Å². The molecule has 2 N–H and O–H groups in total. The zero-order valence-corrected chi connectivity index (χ0v) is 13.6. The molecule has 0 spiro atoms. The molecule has 4 heteroatoms. The summed E-state index contributed by atoms with van der Waals surface area (Å²) in [6.45, 7) is 5.54. The van der Waals surface area contributed by atoms with Gasteiger partial charge < -0.3 is 15.4 Å². The predicted octanol–water partition coefficient (Wildman–Crippen LogP) is 3.74. The normalized spacial score (nSPS) is 17.8. The maximum absolute atomic E-state index is 13.6. The summed E-state index contributed by atoms with van der Waals surface area (Å²) < 4.78 is 19.4. The molecule has 2 atom stereocenters. The Hall–Kier alpha value is -2.07. The number of hydrogen-bond donors (Lipinski definition) is 2. The van der Waals surface area contributed by atoms with E-state index in [2.05, 4.69) is 36.6 Å². The Bertz CT molecular complexity index is 674. The monoisotopic (exact) mass is 314 g/mol. The van der Waals surface area contributed by atoms with E-state index >= 15 is 0 Å². The maximum Gasteiger partial charge on any atom is 0.142 e. The van der Waals surface area contributed by atoms with E-state index in [1.807, 2.05) is 18.2 Å². The first-order chi connectivity index (χ1) is 11.1. The average Bonchev–Trinajstić information content (AvgIpc) is 2.54. The molecule has 0 saturated heterocycles. The molecular formula is C19H23FN2O. The van der Waals surface area contributed by atoms with E-state index in [1.165, 1.54) is 11.6 Å². The van der Waals surface area contributed by atoms with Crippen LogP contribution in [0.25, 0.3) is 0 Å². The lowest BCUT2D eigenvalue weighted by Crippen LogP contribution is -2.29. The van der Waals surface area contributed by atoms with E-state index in [1.54, 1.807) is 6.07 Å². The second-order valence-electron chi connectivity index (χ2n) is 6.22. The van der Waals surface area contributed by atoms with Gasteiger partial charge in [0.25, 0.3) is 0 Å². The van der Waals surface area contributed by atoms with E-state index in [0.717, 1.165) is 24.4 Å². The minimum absolute atomic E-state index is 0.156. The van der Waals surface area contributed by atoms with Gasteiger partial charge in [0.15, 0.2) is 0 Å². The quantitative estimate of drug-likeness (QED) is 0.882. The highest BCUT2D eigenvalue weighted by atomic mass is 19.1. The Labute approximate surface area is 136 Å². The van der Waals surface area contributed by atoms with Gasteiger partial charge in [0.05, 0.1) is 12.2 Å². The number of ether oxygens (including phenoxy) is 1. The molecule has 2 unspecified atom stereocenters. The highest BCUT2D eigenvalue weighted by molar-refractivity contribution is 5.59. The summed E-state index contributed by atoms with van der Waals surface area (Å²) >= 11 is 0. The second kappa shape index (κ2) is 7.01. The number of benzene rings is 2. The third-order valence-electron chi connectivity index (χ3n) is 4.09. The van der Waals surface area contributed by atoms with Crippen LogP contribution in [0.4, 0.5) is 10.1 Å². The summed E-state index contributed by atoms with van der Waals surface area (Å²) in [4.78, 5) is 0. The fourth-order valence-electron chi connectivity index (χ4n) is 2.81. The van der Waals surface area contributed by atoms with Crippen LogP contribution in [0.2, 0.25) is 0 Å². The van der Waals surface area contributed by atoms with E-state index in [0.29, 0.717) is 12.1 Å². The molecule has 122 valence electrons. The molecule has 0 amide bonds. The third-order valence-corrected chi connectivity index (χ3v) is 4.09. The molecule has 23 heavy (non-hydrogen) atoms. The zero-order valence-electron chi connectivity index (χ0n) is 13.6. The fraction of sp³-hybridized carbons (Fsp3) is 0.368. The van der Waals surface area contributed by atoms with Crippen LogP contribution in [0.5, 0.6) is 5.75 Å². The number of nitrogens with one attached hydrogen (secondary N) is 2. The van der Waals surface area contributed by atoms with Gasteiger partial charge >= 0.3 is 0 Å². The summed E-state index contributed by atoms with van der Waals surface area (Å²) in [5, 5.41) is 6.78. The minimum Gasteiger partial charge on any atom is -0.487 e. The van der Waals surface area contributed by atoms with Crippen LogP contribution >= 0.6 is 0 Å². The molecule has 0 fully saturated rings. The van der Waals surface area contributed by atoms with Gasteiger partial charge in [0.1, 0.15) is 17.7 Å². The highest BCUT2D eigenvalue weighted by Gasteiger charge is 2.16. The molecule has 3 nitrogen and oxygen atoms in total. The van der Waals surface area contributed by atoms with Crippen molar-refractivity contribution in [2.45, 2.75) is 39.0 Å². The van der Waals surface area contributed by atoms with Gasteiger partial charge in [-0.2, -0.15) is 0 Å². The first-order valence-corrected chi connectivity index (χ1v) is 8.12. The van der Waals surface area contributed by atoms with Crippen LogP contribution in [-0.2, 0) is 13.0 Å². The molecule has 3 rings (SSSR count). The Morgan fingerprint density at radius 3 is 2.96 bits per heavy atom. The van der Waals surface area contributed by atoms with Crippen molar-refractivity contribution in [1.29, 1.82) is 0 Å². The van der Waals surface area contributed by atoms with Gasteiger partial charge in [0, 0.05) is 18.2 Å². The van der Waals surface area contributed by atoms with Gasteiger partial charge in [0.2, 0.25) is 0 Å². The molecule has 0 bridgehead atoms. The van der Waals surface area contributed by atoms with Crippen molar-refractivity contribution in [3.05, 3.63) is 59.4 Å².